The third-order valence-corrected chi connectivity index (χ3v) is 5.76. The molecule has 2 unspecified atom stereocenters. The van der Waals surface area contributed by atoms with Crippen molar-refractivity contribution in [3.05, 3.63) is 10.6 Å². The molecule has 7 heteroatoms. The summed E-state index contributed by atoms with van der Waals surface area (Å²) in [5, 5.41) is 3.25. The first kappa shape index (κ1) is 16.4. The molecule has 0 aliphatic carbocycles. The van der Waals surface area contributed by atoms with Crippen LogP contribution < -0.4 is 5.32 Å². The molecule has 1 N–H and O–H groups in total. The van der Waals surface area contributed by atoms with Crippen molar-refractivity contribution in [2.75, 3.05) is 18.9 Å². The second kappa shape index (κ2) is 6.57. The van der Waals surface area contributed by atoms with Crippen molar-refractivity contribution >= 4 is 28.3 Å². The molecular weight excluding hydrogens is 312 g/mol. The zero-order valence-electron chi connectivity index (χ0n) is 14.0. The van der Waals surface area contributed by atoms with Crippen LogP contribution in [0, 0.1) is 0 Å². The van der Waals surface area contributed by atoms with Gasteiger partial charge in [0, 0.05) is 36.5 Å². The van der Waals surface area contributed by atoms with Crippen LogP contribution in [-0.2, 0) is 22.6 Å². The van der Waals surface area contributed by atoms with E-state index >= 15 is 0 Å². The number of likely N-dealkylation sites (tertiary alicyclic amines) is 1. The van der Waals surface area contributed by atoms with E-state index in [4.69, 9.17) is 0 Å². The van der Waals surface area contributed by atoms with Gasteiger partial charge in [0.05, 0.1) is 5.69 Å². The Kier molecular flexibility index (Phi) is 4.68. The Morgan fingerprint density at radius 2 is 1.96 bits per heavy atom. The van der Waals surface area contributed by atoms with Crippen molar-refractivity contribution in [1.82, 2.24) is 14.8 Å². The van der Waals surface area contributed by atoms with Gasteiger partial charge in [0.2, 0.25) is 0 Å². The van der Waals surface area contributed by atoms with Crippen LogP contribution >= 0.6 is 11.3 Å². The smallest absolute Gasteiger partial charge is 0.315 e. The molecule has 2 aliphatic heterocycles. The maximum Gasteiger partial charge on any atom is 0.315 e. The number of amides is 2. The predicted molar refractivity (Wildman–Crippen MR) is 90.4 cm³/mol. The maximum atomic E-state index is 12.5. The van der Waals surface area contributed by atoms with Gasteiger partial charge in [-0.05, 0) is 40.2 Å². The molecule has 3 rings (SSSR count). The molecule has 6 nitrogen and oxygen atoms in total. The number of nitrogens with one attached hydrogen (secondary N) is 1. The van der Waals surface area contributed by atoms with Crippen LogP contribution in [0.15, 0.2) is 0 Å². The Morgan fingerprint density at radius 1 is 1.26 bits per heavy atom. The lowest BCUT2D eigenvalue weighted by Crippen LogP contribution is -2.51. The zero-order chi connectivity index (χ0) is 16.6. The fourth-order valence-electron chi connectivity index (χ4n) is 3.47. The van der Waals surface area contributed by atoms with Gasteiger partial charge in [0.15, 0.2) is 5.13 Å². The normalized spacial score (nSPS) is 25.1. The average molecular weight is 336 g/mol. The van der Waals surface area contributed by atoms with E-state index in [-0.39, 0.29) is 12.1 Å². The highest BCUT2D eigenvalue weighted by Crippen LogP contribution is 2.28. The number of nitrogens with zero attached hydrogens (tertiary/aromatic N) is 3. The second-order valence-electron chi connectivity index (χ2n) is 6.67. The fraction of sp³-hybridized carbons (Fsp3) is 0.688. The van der Waals surface area contributed by atoms with Crippen molar-refractivity contribution in [2.24, 2.45) is 0 Å². The molecule has 126 valence electrons. The van der Waals surface area contributed by atoms with Crippen LogP contribution in [0.3, 0.4) is 0 Å². The van der Waals surface area contributed by atoms with Gasteiger partial charge in [0.25, 0.3) is 0 Å². The fourth-order valence-corrected chi connectivity index (χ4v) is 4.55. The number of hydrogen-bond donors (Lipinski definition) is 1. The number of aromatic nitrogens is 1. The lowest BCUT2D eigenvalue weighted by Gasteiger charge is -2.38. The summed E-state index contributed by atoms with van der Waals surface area (Å²) in [5.41, 5.74) is 1.05. The van der Waals surface area contributed by atoms with E-state index in [1.165, 1.54) is 16.2 Å². The first-order valence-electron chi connectivity index (χ1n) is 8.26. The standard InChI is InChI=1S/C16H24N4O2S/c1-10-5-4-6-11(2)20(10)15(22)14(21)18-16-17-12-7-8-19(3)9-13(12)23-16/h10-11H,4-9H2,1-3H3,(H,17,18,21). The quantitative estimate of drug-likeness (QED) is 0.795. The third kappa shape index (κ3) is 3.40. The monoisotopic (exact) mass is 336 g/mol. The number of carbonyl (C=O) groups excluding carboxylic acids is 2. The number of piperidine rings is 1. The highest BCUT2D eigenvalue weighted by Gasteiger charge is 2.33. The topological polar surface area (TPSA) is 65.5 Å². The molecule has 0 spiro atoms. The molecule has 2 atom stereocenters. The summed E-state index contributed by atoms with van der Waals surface area (Å²) in [6.45, 7) is 5.86. The van der Waals surface area contributed by atoms with Gasteiger partial charge < -0.3 is 9.80 Å². The number of rotatable bonds is 1. The number of hydrogen-bond acceptors (Lipinski definition) is 5. The third-order valence-electron chi connectivity index (χ3n) is 4.76. The summed E-state index contributed by atoms with van der Waals surface area (Å²) in [4.78, 5) is 34.4. The van der Waals surface area contributed by atoms with Gasteiger partial charge in [-0.2, -0.15) is 0 Å². The van der Waals surface area contributed by atoms with Crippen molar-refractivity contribution in [3.63, 3.8) is 0 Å². The summed E-state index contributed by atoms with van der Waals surface area (Å²) in [7, 11) is 2.07. The largest absolute Gasteiger partial charge is 0.329 e. The minimum absolute atomic E-state index is 0.121. The summed E-state index contributed by atoms with van der Waals surface area (Å²) in [6.07, 6.45) is 3.93. The lowest BCUT2D eigenvalue weighted by molar-refractivity contribution is -0.147. The summed E-state index contributed by atoms with van der Waals surface area (Å²) in [6, 6.07) is 0.241. The highest BCUT2D eigenvalue weighted by molar-refractivity contribution is 7.16. The van der Waals surface area contributed by atoms with E-state index in [2.05, 4.69) is 22.2 Å². The van der Waals surface area contributed by atoms with Crippen LogP contribution in [0.1, 0.15) is 43.7 Å². The molecule has 1 aromatic heterocycles. The van der Waals surface area contributed by atoms with E-state index in [9.17, 15) is 9.59 Å². The molecule has 1 aromatic rings. The molecule has 2 amide bonds. The Bertz CT molecular complexity index is 605. The van der Waals surface area contributed by atoms with E-state index in [0.717, 1.165) is 44.5 Å². The van der Waals surface area contributed by atoms with E-state index < -0.39 is 11.8 Å². The van der Waals surface area contributed by atoms with Crippen LogP contribution in [0.5, 0.6) is 0 Å². The van der Waals surface area contributed by atoms with Gasteiger partial charge in [-0.3, -0.25) is 14.9 Å². The van der Waals surface area contributed by atoms with Crippen LogP contribution in [-0.4, -0.2) is 52.3 Å². The Labute approximate surface area is 140 Å². The van der Waals surface area contributed by atoms with Crippen LogP contribution in [0.2, 0.25) is 0 Å². The number of likely N-dealkylation sites (N-methyl/N-ethyl adjacent to an activating group) is 1. The minimum atomic E-state index is -0.565. The minimum Gasteiger partial charge on any atom is -0.329 e. The van der Waals surface area contributed by atoms with Crippen molar-refractivity contribution in [3.8, 4) is 0 Å². The molecule has 0 saturated carbocycles. The predicted octanol–water partition coefficient (Wildman–Crippen LogP) is 1.86. The van der Waals surface area contributed by atoms with Gasteiger partial charge >= 0.3 is 11.8 Å². The van der Waals surface area contributed by atoms with E-state index in [1.54, 1.807) is 4.90 Å². The molecular formula is C16H24N4O2S. The molecule has 0 bridgehead atoms. The second-order valence-corrected chi connectivity index (χ2v) is 7.76. The van der Waals surface area contributed by atoms with Crippen molar-refractivity contribution in [2.45, 2.75) is 58.2 Å². The van der Waals surface area contributed by atoms with Crippen molar-refractivity contribution < 1.29 is 9.59 Å². The average Bonchev–Trinajstić information content (AvgIpc) is 2.88. The van der Waals surface area contributed by atoms with Crippen LogP contribution in [0.25, 0.3) is 0 Å². The first-order chi connectivity index (χ1) is 11.0. The SMILES string of the molecule is CC1CCCC(C)N1C(=O)C(=O)Nc1nc2c(s1)CN(C)CC2. The molecule has 1 fully saturated rings. The van der Waals surface area contributed by atoms with E-state index in [0.29, 0.717) is 5.13 Å². The lowest BCUT2D eigenvalue weighted by atomic mass is 9.97. The summed E-state index contributed by atoms with van der Waals surface area (Å²) in [5.74, 6) is -1.000. The van der Waals surface area contributed by atoms with Gasteiger partial charge in [-0.25, -0.2) is 4.98 Å². The zero-order valence-corrected chi connectivity index (χ0v) is 14.8. The van der Waals surface area contributed by atoms with E-state index in [1.807, 2.05) is 13.8 Å². The summed E-state index contributed by atoms with van der Waals surface area (Å²) < 4.78 is 0. The molecule has 2 aliphatic rings. The van der Waals surface area contributed by atoms with Gasteiger partial charge in [-0.15, -0.1) is 11.3 Å². The first-order valence-corrected chi connectivity index (χ1v) is 9.08. The number of anilines is 1. The van der Waals surface area contributed by atoms with Crippen LogP contribution in [0.4, 0.5) is 5.13 Å². The molecule has 1 saturated heterocycles. The maximum absolute atomic E-state index is 12.5. The Hall–Kier alpha value is -1.47. The number of thiazole rings is 1. The molecule has 23 heavy (non-hydrogen) atoms. The molecule has 0 aromatic carbocycles. The Morgan fingerprint density at radius 3 is 2.65 bits per heavy atom. The van der Waals surface area contributed by atoms with Gasteiger partial charge in [0.1, 0.15) is 0 Å². The Balaban J connectivity index is 1.68. The molecule has 0 radical (unpaired) electrons. The van der Waals surface area contributed by atoms with Gasteiger partial charge in [-0.1, -0.05) is 0 Å². The number of carbonyl (C=O) groups is 2. The number of fused-ring (bicyclic) bond motifs is 1. The van der Waals surface area contributed by atoms with Crippen molar-refractivity contribution in [1.29, 1.82) is 0 Å². The summed E-state index contributed by atoms with van der Waals surface area (Å²) >= 11 is 1.48. The highest BCUT2D eigenvalue weighted by atomic mass is 32.1. The molecule has 3 heterocycles.